The van der Waals surface area contributed by atoms with Gasteiger partial charge in [-0.1, -0.05) is 12.5 Å². The Morgan fingerprint density at radius 2 is 1.81 bits per heavy atom. The SMILES string of the molecule is CCOc1ccc(NC(=O)CCCCCN2C(=O)c3cccc([N+](=O)[O-])c3C2=O)cc1. The Morgan fingerprint density at radius 1 is 1.06 bits per heavy atom. The van der Waals surface area contributed by atoms with Crippen molar-refractivity contribution in [3.05, 3.63) is 63.7 Å². The van der Waals surface area contributed by atoms with E-state index in [2.05, 4.69) is 5.32 Å². The highest BCUT2D eigenvalue weighted by atomic mass is 16.6. The standard InChI is InChI=1S/C22H23N3O6/c1-2-31-16-12-10-15(11-13-16)23-19(26)9-4-3-5-14-24-21(27)17-7-6-8-18(25(29)30)20(17)22(24)28/h6-8,10-13H,2-5,9,14H2,1H3,(H,23,26). The number of nitrogens with one attached hydrogen (secondary N) is 1. The normalized spacial score (nSPS) is 12.6. The van der Waals surface area contributed by atoms with E-state index >= 15 is 0 Å². The number of unbranched alkanes of at least 4 members (excludes halogenated alkanes) is 2. The highest BCUT2D eigenvalue weighted by Gasteiger charge is 2.40. The fraction of sp³-hybridized carbons (Fsp3) is 0.318. The van der Waals surface area contributed by atoms with Crippen molar-refractivity contribution in [2.24, 2.45) is 0 Å². The third-order valence-electron chi connectivity index (χ3n) is 4.91. The molecule has 2 aromatic carbocycles. The summed E-state index contributed by atoms with van der Waals surface area (Å²) < 4.78 is 5.36. The number of rotatable bonds is 10. The number of nitro groups is 1. The van der Waals surface area contributed by atoms with Gasteiger partial charge < -0.3 is 10.1 Å². The lowest BCUT2D eigenvalue weighted by atomic mass is 10.1. The molecule has 0 saturated carbocycles. The molecule has 1 N–H and O–H groups in total. The highest BCUT2D eigenvalue weighted by molar-refractivity contribution is 6.23. The summed E-state index contributed by atoms with van der Waals surface area (Å²) in [7, 11) is 0. The lowest BCUT2D eigenvalue weighted by Crippen LogP contribution is -2.30. The van der Waals surface area contributed by atoms with Gasteiger partial charge in [0.2, 0.25) is 5.91 Å². The van der Waals surface area contributed by atoms with Crippen molar-refractivity contribution in [1.82, 2.24) is 4.90 Å². The molecule has 0 aliphatic carbocycles. The number of nitro benzene ring substituents is 1. The van der Waals surface area contributed by atoms with E-state index in [0.717, 1.165) is 10.6 Å². The molecular formula is C22H23N3O6. The van der Waals surface area contributed by atoms with Crippen LogP contribution in [0.25, 0.3) is 0 Å². The predicted molar refractivity (Wildman–Crippen MR) is 113 cm³/mol. The molecule has 31 heavy (non-hydrogen) atoms. The number of nitrogens with zero attached hydrogens (tertiary/aromatic N) is 2. The topological polar surface area (TPSA) is 119 Å². The minimum atomic E-state index is -0.656. The zero-order chi connectivity index (χ0) is 22.4. The number of hydrogen-bond acceptors (Lipinski definition) is 6. The van der Waals surface area contributed by atoms with Crippen molar-refractivity contribution in [2.75, 3.05) is 18.5 Å². The van der Waals surface area contributed by atoms with Gasteiger partial charge in [0.15, 0.2) is 0 Å². The maximum Gasteiger partial charge on any atom is 0.282 e. The Labute approximate surface area is 179 Å². The van der Waals surface area contributed by atoms with Gasteiger partial charge in [-0.3, -0.25) is 29.4 Å². The zero-order valence-corrected chi connectivity index (χ0v) is 17.1. The van der Waals surface area contributed by atoms with E-state index in [1.807, 2.05) is 6.92 Å². The van der Waals surface area contributed by atoms with Crippen molar-refractivity contribution in [3.63, 3.8) is 0 Å². The summed E-state index contributed by atoms with van der Waals surface area (Å²) in [4.78, 5) is 48.5. The van der Waals surface area contributed by atoms with E-state index in [-0.39, 0.29) is 29.3 Å². The monoisotopic (exact) mass is 425 g/mol. The fourth-order valence-corrected chi connectivity index (χ4v) is 3.43. The molecule has 0 saturated heterocycles. The molecule has 1 aliphatic rings. The van der Waals surface area contributed by atoms with Crippen LogP contribution in [0, 0.1) is 10.1 Å². The molecular weight excluding hydrogens is 402 g/mol. The zero-order valence-electron chi connectivity index (χ0n) is 17.1. The first kappa shape index (κ1) is 21.9. The molecule has 0 unspecified atom stereocenters. The third kappa shape index (κ3) is 5.06. The molecule has 0 radical (unpaired) electrons. The smallest absolute Gasteiger partial charge is 0.282 e. The van der Waals surface area contributed by atoms with Gasteiger partial charge in [0.1, 0.15) is 11.3 Å². The molecule has 1 aliphatic heterocycles. The molecule has 0 fully saturated rings. The highest BCUT2D eigenvalue weighted by Crippen LogP contribution is 2.30. The predicted octanol–water partition coefficient (Wildman–Crippen LogP) is 3.79. The van der Waals surface area contributed by atoms with Crippen LogP contribution in [0.1, 0.15) is 53.3 Å². The van der Waals surface area contributed by atoms with Crippen LogP contribution < -0.4 is 10.1 Å². The number of carbonyl (C=O) groups excluding carboxylic acids is 3. The number of amides is 3. The van der Waals surface area contributed by atoms with Gasteiger partial charge in [-0.05, 0) is 50.1 Å². The summed E-state index contributed by atoms with van der Waals surface area (Å²) in [6.07, 6.45) is 2.04. The summed E-state index contributed by atoms with van der Waals surface area (Å²) in [6.45, 7) is 2.63. The maximum absolute atomic E-state index is 12.5. The second kappa shape index (κ2) is 9.84. The molecule has 0 bridgehead atoms. The molecule has 0 spiro atoms. The Kier molecular flexibility index (Phi) is 6.96. The second-order valence-corrected chi connectivity index (χ2v) is 7.03. The number of benzene rings is 2. The van der Waals surface area contributed by atoms with E-state index in [4.69, 9.17) is 4.74 Å². The van der Waals surface area contributed by atoms with Crippen LogP contribution in [-0.4, -0.2) is 40.7 Å². The van der Waals surface area contributed by atoms with Crippen molar-refractivity contribution >= 4 is 29.1 Å². The molecule has 9 nitrogen and oxygen atoms in total. The van der Waals surface area contributed by atoms with Gasteiger partial charge >= 0.3 is 0 Å². The van der Waals surface area contributed by atoms with Crippen LogP contribution >= 0.6 is 0 Å². The Morgan fingerprint density at radius 3 is 2.48 bits per heavy atom. The molecule has 9 heteroatoms. The van der Waals surface area contributed by atoms with Gasteiger partial charge in [-0.15, -0.1) is 0 Å². The first-order chi connectivity index (χ1) is 14.9. The minimum absolute atomic E-state index is 0.0638. The van der Waals surface area contributed by atoms with Crippen LogP contribution in [0.15, 0.2) is 42.5 Å². The molecule has 3 amide bonds. The summed E-state index contributed by atoms with van der Waals surface area (Å²) in [5.74, 6) is -0.544. The number of carbonyl (C=O) groups is 3. The Balaban J connectivity index is 1.43. The summed E-state index contributed by atoms with van der Waals surface area (Å²) >= 11 is 0. The van der Waals surface area contributed by atoms with Crippen LogP contribution in [-0.2, 0) is 4.79 Å². The number of imide groups is 1. The lowest BCUT2D eigenvalue weighted by molar-refractivity contribution is -0.385. The molecule has 3 rings (SSSR count). The average Bonchev–Trinajstić information content (AvgIpc) is 2.99. The van der Waals surface area contributed by atoms with Crippen molar-refractivity contribution < 1.29 is 24.0 Å². The van der Waals surface area contributed by atoms with E-state index in [9.17, 15) is 24.5 Å². The van der Waals surface area contributed by atoms with E-state index in [1.165, 1.54) is 18.2 Å². The number of hydrogen-bond donors (Lipinski definition) is 1. The number of anilines is 1. The van der Waals surface area contributed by atoms with E-state index in [0.29, 0.717) is 38.0 Å². The summed E-state index contributed by atoms with van der Waals surface area (Å²) in [5.41, 5.74) is 0.242. The van der Waals surface area contributed by atoms with Gasteiger partial charge in [0, 0.05) is 24.7 Å². The van der Waals surface area contributed by atoms with Gasteiger partial charge in [-0.2, -0.15) is 0 Å². The first-order valence-electron chi connectivity index (χ1n) is 10.1. The third-order valence-corrected chi connectivity index (χ3v) is 4.91. The second-order valence-electron chi connectivity index (χ2n) is 7.03. The Bertz CT molecular complexity index is 1000. The molecule has 2 aromatic rings. The molecule has 0 aromatic heterocycles. The van der Waals surface area contributed by atoms with Crippen LogP contribution in [0.2, 0.25) is 0 Å². The number of ether oxygens (including phenoxy) is 1. The van der Waals surface area contributed by atoms with Crippen LogP contribution in [0.3, 0.4) is 0 Å². The van der Waals surface area contributed by atoms with Crippen molar-refractivity contribution in [1.29, 1.82) is 0 Å². The molecule has 1 heterocycles. The number of fused-ring (bicyclic) bond motifs is 1. The van der Waals surface area contributed by atoms with Crippen LogP contribution in [0.5, 0.6) is 5.75 Å². The van der Waals surface area contributed by atoms with Gasteiger partial charge in [0.05, 0.1) is 17.1 Å². The van der Waals surface area contributed by atoms with E-state index < -0.39 is 16.7 Å². The first-order valence-corrected chi connectivity index (χ1v) is 10.1. The average molecular weight is 425 g/mol. The summed E-state index contributed by atoms with van der Waals surface area (Å²) in [5, 5.41) is 13.9. The minimum Gasteiger partial charge on any atom is -0.494 e. The lowest BCUT2D eigenvalue weighted by Gasteiger charge is -2.13. The quantitative estimate of drug-likeness (QED) is 0.268. The largest absolute Gasteiger partial charge is 0.494 e. The van der Waals surface area contributed by atoms with Gasteiger partial charge in [0.25, 0.3) is 17.5 Å². The Hall–Kier alpha value is -3.75. The van der Waals surface area contributed by atoms with E-state index in [1.54, 1.807) is 24.3 Å². The molecule has 0 atom stereocenters. The summed E-state index contributed by atoms with van der Waals surface area (Å²) in [6, 6.07) is 11.1. The van der Waals surface area contributed by atoms with Crippen LogP contribution in [0.4, 0.5) is 11.4 Å². The molecule has 162 valence electrons. The van der Waals surface area contributed by atoms with Crippen molar-refractivity contribution in [3.8, 4) is 5.75 Å². The maximum atomic E-state index is 12.5. The van der Waals surface area contributed by atoms with Gasteiger partial charge in [-0.25, -0.2) is 0 Å². The van der Waals surface area contributed by atoms with Crippen molar-refractivity contribution in [2.45, 2.75) is 32.6 Å². The fourth-order valence-electron chi connectivity index (χ4n) is 3.43.